The van der Waals surface area contributed by atoms with Gasteiger partial charge in [-0.25, -0.2) is 9.59 Å². The molecule has 0 saturated carbocycles. The van der Waals surface area contributed by atoms with E-state index in [0.717, 1.165) is 75.0 Å². The number of amides is 4. The maximum atomic E-state index is 12.1. The molecule has 2 saturated heterocycles. The van der Waals surface area contributed by atoms with Gasteiger partial charge in [0.2, 0.25) is 0 Å². The normalized spacial score (nSPS) is 15.0. The molecule has 14 heteroatoms. The van der Waals surface area contributed by atoms with Gasteiger partial charge in [0, 0.05) is 45.1 Å². The number of aryl methyl sites for hydroxylation is 1. The van der Waals surface area contributed by atoms with Crippen molar-refractivity contribution >= 4 is 62.3 Å². The summed E-state index contributed by atoms with van der Waals surface area (Å²) in [6, 6.07) is 17.0. The molecular formula is C44H73ClN2O9Si2. The third-order valence-electron chi connectivity index (χ3n) is 10.1. The van der Waals surface area contributed by atoms with Gasteiger partial charge in [-0.1, -0.05) is 98.6 Å². The van der Waals surface area contributed by atoms with Crippen molar-refractivity contribution in [2.24, 2.45) is 23.7 Å². The highest BCUT2D eigenvalue weighted by atomic mass is 35.6. The number of carbonyl (C=O) groups is 6. The maximum Gasteiger partial charge on any atom is 0.333 e. The van der Waals surface area contributed by atoms with Crippen LogP contribution in [0.1, 0.15) is 138 Å². The van der Waals surface area contributed by atoms with Crippen molar-refractivity contribution in [3.63, 3.8) is 0 Å². The van der Waals surface area contributed by atoms with Crippen molar-refractivity contribution in [1.82, 2.24) is 10.1 Å². The molecular weight excluding hydrogens is 792 g/mol. The van der Waals surface area contributed by atoms with Gasteiger partial charge in [-0.15, -0.1) is 10.1 Å². The molecule has 0 aromatic heterocycles. The molecule has 2 fully saturated rings. The minimum Gasteiger partial charge on any atom is -0.417 e. The Labute approximate surface area is 355 Å². The van der Waals surface area contributed by atoms with Gasteiger partial charge in [-0.05, 0) is 97.6 Å². The smallest absolute Gasteiger partial charge is 0.333 e. The lowest BCUT2D eigenvalue weighted by atomic mass is 10.1. The van der Waals surface area contributed by atoms with Gasteiger partial charge < -0.3 is 14.1 Å². The fraction of sp³-hybridized carbons (Fsp3) is 0.727. The molecule has 0 atom stereocenters. The minimum atomic E-state index is -1.95. The first-order valence-corrected chi connectivity index (χ1v) is 28.0. The Bertz CT molecular complexity index is 1410. The predicted molar refractivity (Wildman–Crippen MR) is 233 cm³/mol. The number of benzene rings is 1. The average Bonchev–Trinajstić information content (AvgIpc) is 3.61. The molecule has 2 aliphatic rings. The Morgan fingerprint density at radius 2 is 1.00 bits per heavy atom. The highest BCUT2D eigenvalue weighted by Crippen LogP contribution is 2.35. The summed E-state index contributed by atoms with van der Waals surface area (Å²) in [5.74, 6) is -0.435. The quantitative estimate of drug-likeness (QED) is 0.0386. The first kappa shape index (κ1) is 51.3. The lowest BCUT2D eigenvalue weighted by Crippen LogP contribution is -2.41. The second kappa shape index (κ2) is 26.4. The molecule has 3 rings (SSSR count). The van der Waals surface area contributed by atoms with Crippen LogP contribution in [0.3, 0.4) is 0 Å². The summed E-state index contributed by atoms with van der Waals surface area (Å²) in [5, 5.41) is 1.25. The summed E-state index contributed by atoms with van der Waals surface area (Å²) in [6.07, 6.45) is 7.29. The van der Waals surface area contributed by atoms with Crippen molar-refractivity contribution in [1.29, 1.82) is 0 Å². The fourth-order valence-electron chi connectivity index (χ4n) is 8.12. The van der Waals surface area contributed by atoms with Crippen molar-refractivity contribution in [3.05, 3.63) is 35.9 Å². The first-order chi connectivity index (χ1) is 27.3. The summed E-state index contributed by atoms with van der Waals surface area (Å²) in [6.45, 7) is 18.7. The number of carbonyl (C=O) groups excluding carboxylic acids is 6. The molecule has 0 bridgehead atoms. The Hall–Kier alpha value is -2.88. The van der Waals surface area contributed by atoms with Crippen LogP contribution in [0.25, 0.3) is 0 Å². The molecule has 0 unspecified atom stereocenters. The van der Waals surface area contributed by atoms with E-state index in [-0.39, 0.29) is 38.5 Å². The molecule has 328 valence electrons. The molecule has 2 aliphatic heterocycles. The second-order valence-corrected chi connectivity index (χ2v) is 28.0. The van der Waals surface area contributed by atoms with Crippen LogP contribution >= 0.6 is 11.1 Å². The van der Waals surface area contributed by atoms with Crippen LogP contribution in [0.15, 0.2) is 30.3 Å². The predicted octanol–water partition coefficient (Wildman–Crippen LogP) is 10.3. The molecule has 0 radical (unpaired) electrons. The van der Waals surface area contributed by atoms with Crippen molar-refractivity contribution in [2.45, 2.75) is 175 Å². The standard InChI is InChI=1S/C27H43NO5Si.C17H30ClNO4Si/c1-22(2)20-34(21-23(3)4,32-18-10-8-14-24-12-6-5-7-13-24)19-11-9-15-27(31)33-28-25(29)16-17-26(28)30;1-13(2)11-24(18,12-14(3)4)10-6-5-7-17(22)23-19-15(20)8-9-16(19)21/h5-7,12-13,22-23H,8-11,14-21H2,1-4H3;13-14H,5-12H2,1-4H3. The van der Waals surface area contributed by atoms with E-state index >= 15 is 0 Å². The zero-order valence-electron chi connectivity index (χ0n) is 36.8. The van der Waals surface area contributed by atoms with Gasteiger partial charge in [0.1, 0.15) is 0 Å². The minimum absolute atomic E-state index is 0.118. The maximum absolute atomic E-state index is 12.1. The number of rotatable bonds is 26. The van der Waals surface area contributed by atoms with Gasteiger partial charge in [-0.3, -0.25) is 19.2 Å². The number of hydrogen-bond acceptors (Lipinski definition) is 9. The van der Waals surface area contributed by atoms with Gasteiger partial charge in [0.25, 0.3) is 23.6 Å². The van der Waals surface area contributed by atoms with Gasteiger partial charge >= 0.3 is 11.9 Å². The highest BCUT2D eigenvalue weighted by Gasteiger charge is 2.37. The van der Waals surface area contributed by atoms with Crippen LogP contribution in [0.4, 0.5) is 0 Å². The SMILES string of the molecule is CC(C)C[Si](CCCCC(=O)ON1C(=O)CCC1=O)(CC(C)C)OCCCCc1ccccc1.CC(C)C[Si](Cl)(CCCCC(=O)ON1C(=O)CCC1=O)CC(C)C. The number of imide groups is 2. The average molecular weight is 866 g/mol. The largest absolute Gasteiger partial charge is 0.417 e. The van der Waals surface area contributed by atoms with Crippen molar-refractivity contribution < 1.29 is 42.9 Å². The van der Waals surface area contributed by atoms with E-state index in [2.05, 4.69) is 85.7 Å². The van der Waals surface area contributed by atoms with Gasteiger partial charge in [-0.2, -0.15) is 11.1 Å². The molecule has 0 N–H and O–H groups in total. The van der Waals surface area contributed by atoms with Crippen LogP contribution in [0.2, 0.25) is 36.3 Å². The van der Waals surface area contributed by atoms with E-state index in [1.807, 2.05) is 0 Å². The zero-order chi connectivity index (χ0) is 43.3. The number of hydrogen-bond donors (Lipinski definition) is 0. The third-order valence-corrected chi connectivity index (χ3v) is 21.2. The van der Waals surface area contributed by atoms with Crippen LogP contribution in [-0.4, -0.2) is 68.0 Å². The lowest BCUT2D eigenvalue weighted by molar-refractivity contribution is -0.197. The second-order valence-electron chi connectivity index (χ2n) is 18.0. The molecule has 4 amide bonds. The van der Waals surface area contributed by atoms with E-state index < -0.39 is 51.3 Å². The van der Waals surface area contributed by atoms with E-state index in [9.17, 15) is 28.8 Å². The Morgan fingerprint density at radius 1 is 0.586 bits per heavy atom. The topological polar surface area (TPSA) is 137 Å². The summed E-state index contributed by atoms with van der Waals surface area (Å²) in [7, 11) is -3.76. The van der Waals surface area contributed by atoms with Gasteiger partial charge in [0.15, 0.2) is 15.7 Å². The molecule has 11 nitrogen and oxygen atoms in total. The number of unbranched alkanes of at least 4 members (excludes halogenated alkanes) is 3. The fourth-order valence-corrected chi connectivity index (χ4v) is 20.2. The van der Waals surface area contributed by atoms with Crippen molar-refractivity contribution in [3.8, 4) is 0 Å². The van der Waals surface area contributed by atoms with Gasteiger partial charge in [0.05, 0.1) is 0 Å². The number of nitrogens with zero attached hydrogens (tertiary/aromatic N) is 2. The van der Waals surface area contributed by atoms with E-state index in [4.69, 9.17) is 25.2 Å². The Balaban J connectivity index is 0.000000426. The molecule has 2 heterocycles. The Morgan fingerprint density at radius 3 is 1.41 bits per heavy atom. The van der Waals surface area contributed by atoms with E-state index in [1.165, 1.54) is 5.56 Å². The zero-order valence-corrected chi connectivity index (χ0v) is 39.5. The number of hydroxylamine groups is 4. The molecule has 0 aliphatic carbocycles. The van der Waals surface area contributed by atoms with Crippen LogP contribution < -0.4 is 0 Å². The van der Waals surface area contributed by atoms with E-state index in [1.54, 1.807) is 0 Å². The highest BCUT2D eigenvalue weighted by molar-refractivity contribution is 7.20. The summed E-state index contributed by atoms with van der Waals surface area (Å²) in [4.78, 5) is 79.9. The summed E-state index contributed by atoms with van der Waals surface area (Å²) in [5.41, 5.74) is 1.37. The van der Waals surface area contributed by atoms with E-state index in [0.29, 0.717) is 46.6 Å². The summed E-state index contributed by atoms with van der Waals surface area (Å²) >= 11 is 6.95. The molecule has 1 aromatic carbocycles. The molecule has 0 spiro atoms. The lowest BCUT2D eigenvalue weighted by Gasteiger charge is -2.35. The summed E-state index contributed by atoms with van der Waals surface area (Å²) < 4.78 is 6.76. The Kier molecular flexibility index (Phi) is 23.3. The molecule has 58 heavy (non-hydrogen) atoms. The monoisotopic (exact) mass is 864 g/mol. The van der Waals surface area contributed by atoms with Crippen LogP contribution in [0.5, 0.6) is 0 Å². The van der Waals surface area contributed by atoms with Crippen molar-refractivity contribution in [2.75, 3.05) is 6.61 Å². The third kappa shape index (κ3) is 20.4. The molecule has 1 aromatic rings. The van der Waals surface area contributed by atoms with Crippen LogP contribution in [-0.2, 0) is 49.3 Å². The van der Waals surface area contributed by atoms with Crippen LogP contribution in [0, 0.1) is 23.7 Å². The first-order valence-electron chi connectivity index (χ1n) is 21.8. The number of halogens is 1.